The van der Waals surface area contributed by atoms with Crippen LogP contribution in [0.3, 0.4) is 0 Å². The zero-order chi connectivity index (χ0) is 11.4. The monoisotopic (exact) mass is 288 g/mol. The highest BCUT2D eigenvalue weighted by atomic mass is 79.9. The van der Waals surface area contributed by atoms with E-state index in [1.54, 1.807) is 0 Å². The van der Waals surface area contributed by atoms with Gasteiger partial charge in [0, 0.05) is 9.85 Å². The molecule has 1 rings (SSSR count). The largest absolute Gasteiger partial charge is 0.123 e. The van der Waals surface area contributed by atoms with Crippen molar-refractivity contribution in [2.24, 2.45) is 11.8 Å². The maximum Gasteiger partial charge on any atom is 0.0341 e. The Bertz CT molecular complexity index is 299. The predicted molar refractivity (Wildman–Crippen MR) is 71.5 cm³/mol. The van der Waals surface area contributed by atoms with Gasteiger partial charge in [0.25, 0.3) is 0 Å². The van der Waals surface area contributed by atoms with Crippen LogP contribution in [0.5, 0.6) is 0 Å². The molecule has 0 heterocycles. The third-order valence-corrected chi connectivity index (χ3v) is 3.62. The lowest BCUT2D eigenvalue weighted by Gasteiger charge is -2.23. The van der Waals surface area contributed by atoms with E-state index in [4.69, 9.17) is 11.6 Å². The Morgan fingerprint density at radius 2 is 1.93 bits per heavy atom. The van der Waals surface area contributed by atoms with Gasteiger partial charge < -0.3 is 0 Å². The molecule has 2 unspecified atom stereocenters. The molecule has 0 amide bonds. The fraction of sp³-hybridized carbons (Fsp3) is 0.538. The van der Waals surface area contributed by atoms with Gasteiger partial charge in [0.05, 0.1) is 0 Å². The van der Waals surface area contributed by atoms with Crippen LogP contribution in [-0.2, 0) is 6.42 Å². The van der Waals surface area contributed by atoms with Crippen molar-refractivity contribution in [3.05, 3.63) is 34.3 Å². The summed E-state index contributed by atoms with van der Waals surface area (Å²) in [7, 11) is 0. The molecule has 0 aliphatic carbocycles. The van der Waals surface area contributed by atoms with E-state index >= 15 is 0 Å². The second-order valence-corrected chi connectivity index (χ2v) is 6.02. The Balaban J connectivity index is 2.74. The number of benzene rings is 1. The summed E-state index contributed by atoms with van der Waals surface area (Å²) in [5.74, 6) is 1.16. The molecule has 0 aromatic heterocycles. The molecule has 84 valence electrons. The molecule has 2 heteroatoms. The van der Waals surface area contributed by atoms with Crippen LogP contribution in [0.4, 0.5) is 0 Å². The first-order valence-corrected chi connectivity index (χ1v) is 6.62. The van der Waals surface area contributed by atoms with E-state index in [-0.39, 0.29) is 5.38 Å². The Kier molecular flexibility index (Phi) is 5.14. The molecule has 0 bridgehead atoms. The molecule has 0 nitrogen and oxygen atoms in total. The third kappa shape index (κ3) is 4.16. The van der Waals surface area contributed by atoms with Gasteiger partial charge in [-0.3, -0.25) is 0 Å². The lowest BCUT2D eigenvalue weighted by molar-refractivity contribution is 0.376. The molecule has 1 aromatic rings. The van der Waals surface area contributed by atoms with Gasteiger partial charge in [-0.05, 0) is 42.9 Å². The molecule has 0 aliphatic heterocycles. The molecule has 0 fully saturated rings. The van der Waals surface area contributed by atoms with E-state index in [2.05, 4.69) is 61.0 Å². The quantitative estimate of drug-likeness (QED) is 0.692. The number of hydrogen-bond donors (Lipinski definition) is 0. The van der Waals surface area contributed by atoms with Crippen LogP contribution in [0.1, 0.15) is 26.3 Å². The van der Waals surface area contributed by atoms with E-state index in [0.29, 0.717) is 11.8 Å². The highest BCUT2D eigenvalue weighted by Gasteiger charge is 2.19. The van der Waals surface area contributed by atoms with Crippen LogP contribution in [0.15, 0.2) is 28.7 Å². The molecule has 0 saturated carbocycles. The molecule has 0 aliphatic rings. The molecule has 2 atom stereocenters. The molecular weight excluding hydrogens is 271 g/mol. The Hall–Kier alpha value is -0.0100. The summed E-state index contributed by atoms with van der Waals surface area (Å²) in [5, 5.41) is 0.226. The molecule has 15 heavy (non-hydrogen) atoms. The van der Waals surface area contributed by atoms with Crippen LogP contribution in [0.2, 0.25) is 0 Å². The standard InChI is InChI=1S/C13H18BrCl/c1-9(2)13(10(3)15)8-11-5-4-6-12(14)7-11/h4-7,9-10,13H,8H2,1-3H3. The summed E-state index contributed by atoms with van der Waals surface area (Å²) in [6.07, 6.45) is 1.06. The van der Waals surface area contributed by atoms with E-state index in [0.717, 1.165) is 10.9 Å². The Morgan fingerprint density at radius 3 is 2.40 bits per heavy atom. The fourth-order valence-electron chi connectivity index (χ4n) is 1.86. The zero-order valence-electron chi connectivity index (χ0n) is 9.50. The van der Waals surface area contributed by atoms with Gasteiger partial charge >= 0.3 is 0 Å². The summed E-state index contributed by atoms with van der Waals surface area (Å²) < 4.78 is 1.14. The van der Waals surface area contributed by atoms with Gasteiger partial charge in [0.15, 0.2) is 0 Å². The van der Waals surface area contributed by atoms with E-state index in [9.17, 15) is 0 Å². The highest BCUT2D eigenvalue weighted by molar-refractivity contribution is 9.10. The topological polar surface area (TPSA) is 0 Å². The van der Waals surface area contributed by atoms with Crippen LogP contribution >= 0.6 is 27.5 Å². The van der Waals surface area contributed by atoms with Crippen molar-refractivity contribution in [3.8, 4) is 0 Å². The molecular formula is C13H18BrCl. The van der Waals surface area contributed by atoms with Crippen LogP contribution in [0, 0.1) is 11.8 Å². The van der Waals surface area contributed by atoms with Crippen molar-refractivity contribution >= 4 is 27.5 Å². The van der Waals surface area contributed by atoms with Crippen molar-refractivity contribution in [3.63, 3.8) is 0 Å². The van der Waals surface area contributed by atoms with E-state index in [1.807, 2.05) is 0 Å². The summed E-state index contributed by atoms with van der Waals surface area (Å²) in [6, 6.07) is 8.47. The van der Waals surface area contributed by atoms with Crippen molar-refractivity contribution in [2.75, 3.05) is 0 Å². The van der Waals surface area contributed by atoms with Gasteiger partial charge in [0.2, 0.25) is 0 Å². The number of hydrogen-bond acceptors (Lipinski definition) is 0. The zero-order valence-corrected chi connectivity index (χ0v) is 11.8. The number of alkyl halides is 1. The molecule has 0 saturated heterocycles. The first-order chi connectivity index (χ1) is 7.00. The lowest BCUT2D eigenvalue weighted by atomic mass is 9.87. The normalized spacial score (nSPS) is 15.3. The van der Waals surface area contributed by atoms with Gasteiger partial charge in [-0.1, -0.05) is 41.9 Å². The summed E-state index contributed by atoms with van der Waals surface area (Å²) >= 11 is 9.71. The number of rotatable bonds is 4. The van der Waals surface area contributed by atoms with E-state index < -0.39 is 0 Å². The van der Waals surface area contributed by atoms with Crippen LogP contribution in [0.25, 0.3) is 0 Å². The van der Waals surface area contributed by atoms with Crippen molar-refractivity contribution in [1.29, 1.82) is 0 Å². The summed E-state index contributed by atoms with van der Waals surface area (Å²) in [5.41, 5.74) is 1.36. The van der Waals surface area contributed by atoms with Crippen molar-refractivity contribution in [2.45, 2.75) is 32.6 Å². The summed E-state index contributed by atoms with van der Waals surface area (Å²) in [4.78, 5) is 0. The SMILES string of the molecule is CC(C)C(Cc1cccc(Br)c1)C(C)Cl. The van der Waals surface area contributed by atoms with Gasteiger partial charge in [-0.15, -0.1) is 11.6 Å². The van der Waals surface area contributed by atoms with Crippen molar-refractivity contribution in [1.82, 2.24) is 0 Å². The minimum absolute atomic E-state index is 0.226. The van der Waals surface area contributed by atoms with Gasteiger partial charge in [-0.2, -0.15) is 0 Å². The Labute approximate surface area is 106 Å². The van der Waals surface area contributed by atoms with Crippen LogP contribution in [-0.4, -0.2) is 5.38 Å². The first kappa shape index (κ1) is 13.1. The smallest absolute Gasteiger partial charge is 0.0341 e. The van der Waals surface area contributed by atoms with Crippen LogP contribution < -0.4 is 0 Å². The lowest BCUT2D eigenvalue weighted by Crippen LogP contribution is -2.20. The van der Waals surface area contributed by atoms with Gasteiger partial charge in [0.1, 0.15) is 0 Å². The average molecular weight is 290 g/mol. The number of halogens is 2. The second-order valence-electron chi connectivity index (χ2n) is 4.42. The average Bonchev–Trinajstić information content (AvgIpc) is 2.13. The molecule has 0 spiro atoms. The Morgan fingerprint density at radius 1 is 1.27 bits per heavy atom. The highest BCUT2D eigenvalue weighted by Crippen LogP contribution is 2.25. The maximum absolute atomic E-state index is 6.22. The molecule has 1 aromatic carbocycles. The minimum atomic E-state index is 0.226. The summed E-state index contributed by atoms with van der Waals surface area (Å²) in [6.45, 7) is 6.56. The second kappa shape index (κ2) is 5.91. The van der Waals surface area contributed by atoms with E-state index in [1.165, 1.54) is 5.56 Å². The molecule has 0 radical (unpaired) electrons. The molecule has 0 N–H and O–H groups in total. The first-order valence-electron chi connectivity index (χ1n) is 5.39. The van der Waals surface area contributed by atoms with Crippen molar-refractivity contribution < 1.29 is 0 Å². The maximum atomic E-state index is 6.22. The minimum Gasteiger partial charge on any atom is -0.123 e. The predicted octanol–water partition coefficient (Wildman–Crippen LogP) is 4.89. The fourth-order valence-corrected chi connectivity index (χ4v) is 2.69. The third-order valence-electron chi connectivity index (χ3n) is 2.81. The van der Waals surface area contributed by atoms with Gasteiger partial charge in [-0.25, -0.2) is 0 Å².